The summed E-state index contributed by atoms with van der Waals surface area (Å²) in [7, 11) is 1.76. The van der Waals surface area contributed by atoms with Crippen molar-refractivity contribution in [3.05, 3.63) is 51.7 Å². The zero-order valence-electron chi connectivity index (χ0n) is 14.4. The normalized spacial score (nSPS) is 10.5. The average molecular weight is 345 g/mol. The fraction of sp³-hybridized carbons (Fsp3) is 0.368. The number of hydrogen-bond donors (Lipinski definition) is 0. The summed E-state index contributed by atoms with van der Waals surface area (Å²) in [5, 5.41) is 0. The SMILES string of the molecule is CCOc1ccc(CN(C)C(=O)CCC(=O)c2ccc(C)s2)cc1. The molecule has 0 unspecified atom stereocenters. The van der Waals surface area contributed by atoms with Gasteiger partial charge < -0.3 is 9.64 Å². The highest BCUT2D eigenvalue weighted by molar-refractivity contribution is 7.14. The number of carbonyl (C=O) groups excluding carboxylic acids is 2. The minimum Gasteiger partial charge on any atom is -0.494 e. The number of amides is 1. The number of rotatable bonds is 8. The molecule has 0 aliphatic heterocycles. The number of ketones is 1. The molecule has 0 atom stereocenters. The molecule has 0 fully saturated rings. The van der Waals surface area contributed by atoms with Crippen LogP contribution in [-0.2, 0) is 11.3 Å². The van der Waals surface area contributed by atoms with E-state index in [-0.39, 0.29) is 24.5 Å². The van der Waals surface area contributed by atoms with Crippen LogP contribution in [0.2, 0.25) is 0 Å². The third kappa shape index (κ3) is 5.20. The molecule has 4 nitrogen and oxygen atoms in total. The highest BCUT2D eigenvalue weighted by Crippen LogP contribution is 2.18. The molecule has 1 heterocycles. The first-order valence-electron chi connectivity index (χ1n) is 8.05. The van der Waals surface area contributed by atoms with Crippen LogP contribution in [0.1, 0.15) is 39.9 Å². The Morgan fingerprint density at radius 1 is 1.08 bits per heavy atom. The summed E-state index contributed by atoms with van der Waals surface area (Å²) in [6, 6.07) is 11.5. The van der Waals surface area contributed by atoms with Crippen LogP contribution in [-0.4, -0.2) is 30.2 Å². The van der Waals surface area contributed by atoms with E-state index in [2.05, 4.69) is 0 Å². The molecule has 0 aliphatic carbocycles. The standard InChI is InChI=1S/C19H23NO3S/c1-4-23-16-8-6-15(7-9-16)13-20(3)19(22)12-10-17(21)18-11-5-14(2)24-18/h5-9,11H,4,10,12-13H2,1-3H3. The maximum Gasteiger partial charge on any atom is 0.223 e. The molecular weight excluding hydrogens is 322 g/mol. The molecule has 2 aromatic rings. The van der Waals surface area contributed by atoms with Crippen LogP contribution < -0.4 is 4.74 Å². The number of hydrogen-bond acceptors (Lipinski definition) is 4. The molecule has 0 radical (unpaired) electrons. The van der Waals surface area contributed by atoms with Gasteiger partial charge in [0.25, 0.3) is 0 Å². The minimum absolute atomic E-state index is 0.0227. The van der Waals surface area contributed by atoms with Crippen molar-refractivity contribution in [1.82, 2.24) is 4.90 Å². The number of benzene rings is 1. The number of aryl methyl sites for hydroxylation is 1. The molecule has 0 N–H and O–H groups in total. The van der Waals surface area contributed by atoms with Crippen molar-refractivity contribution < 1.29 is 14.3 Å². The fourth-order valence-electron chi connectivity index (χ4n) is 2.34. The van der Waals surface area contributed by atoms with Crippen molar-refractivity contribution in [1.29, 1.82) is 0 Å². The van der Waals surface area contributed by atoms with Gasteiger partial charge in [0.1, 0.15) is 5.75 Å². The van der Waals surface area contributed by atoms with Crippen LogP contribution in [0.25, 0.3) is 0 Å². The van der Waals surface area contributed by atoms with Crippen LogP contribution in [0.3, 0.4) is 0 Å². The quantitative estimate of drug-likeness (QED) is 0.677. The molecule has 2 rings (SSSR count). The molecule has 1 aromatic heterocycles. The van der Waals surface area contributed by atoms with E-state index in [0.717, 1.165) is 21.1 Å². The van der Waals surface area contributed by atoms with Gasteiger partial charge in [-0.3, -0.25) is 9.59 Å². The smallest absolute Gasteiger partial charge is 0.223 e. The first kappa shape index (κ1) is 18.2. The number of nitrogens with zero attached hydrogens (tertiary/aromatic N) is 1. The van der Waals surface area contributed by atoms with Gasteiger partial charge in [0.15, 0.2) is 5.78 Å². The van der Waals surface area contributed by atoms with Gasteiger partial charge in [-0.25, -0.2) is 0 Å². The van der Waals surface area contributed by atoms with Crippen molar-refractivity contribution in [3.8, 4) is 5.75 Å². The van der Waals surface area contributed by atoms with E-state index in [0.29, 0.717) is 13.2 Å². The molecule has 1 amide bonds. The lowest BCUT2D eigenvalue weighted by Crippen LogP contribution is -2.26. The largest absolute Gasteiger partial charge is 0.494 e. The van der Waals surface area contributed by atoms with Gasteiger partial charge in [-0.2, -0.15) is 0 Å². The Labute approximate surface area is 147 Å². The van der Waals surface area contributed by atoms with Gasteiger partial charge in [0, 0.05) is 31.3 Å². The van der Waals surface area contributed by atoms with Crippen molar-refractivity contribution in [2.24, 2.45) is 0 Å². The lowest BCUT2D eigenvalue weighted by Gasteiger charge is -2.17. The topological polar surface area (TPSA) is 46.6 Å². The fourth-order valence-corrected chi connectivity index (χ4v) is 3.17. The van der Waals surface area contributed by atoms with E-state index in [1.165, 1.54) is 11.3 Å². The second-order valence-electron chi connectivity index (χ2n) is 5.66. The predicted octanol–water partition coefficient (Wildman–Crippen LogP) is 4.08. The van der Waals surface area contributed by atoms with Crippen LogP contribution in [0.4, 0.5) is 0 Å². The van der Waals surface area contributed by atoms with E-state index in [1.54, 1.807) is 11.9 Å². The van der Waals surface area contributed by atoms with Gasteiger partial charge in [-0.1, -0.05) is 12.1 Å². The summed E-state index contributed by atoms with van der Waals surface area (Å²) in [4.78, 5) is 27.8. The van der Waals surface area contributed by atoms with E-state index < -0.39 is 0 Å². The van der Waals surface area contributed by atoms with Gasteiger partial charge in [0.2, 0.25) is 5.91 Å². The first-order valence-corrected chi connectivity index (χ1v) is 8.86. The summed E-state index contributed by atoms with van der Waals surface area (Å²) in [6.45, 7) is 5.07. The predicted molar refractivity (Wildman–Crippen MR) is 96.7 cm³/mol. The number of thiophene rings is 1. The monoisotopic (exact) mass is 345 g/mol. The van der Waals surface area contributed by atoms with Gasteiger partial charge in [-0.15, -0.1) is 11.3 Å². The maximum absolute atomic E-state index is 12.2. The summed E-state index contributed by atoms with van der Waals surface area (Å²) < 4.78 is 5.40. The Morgan fingerprint density at radius 3 is 2.38 bits per heavy atom. The summed E-state index contributed by atoms with van der Waals surface area (Å²) in [5.74, 6) is 0.841. The Bertz CT molecular complexity index is 691. The average Bonchev–Trinajstić information content (AvgIpc) is 3.01. The number of carbonyl (C=O) groups is 2. The summed E-state index contributed by atoms with van der Waals surface area (Å²) in [5.41, 5.74) is 1.04. The van der Waals surface area contributed by atoms with E-state index >= 15 is 0 Å². The minimum atomic E-state index is -0.0227. The molecule has 1 aromatic carbocycles. The number of Topliss-reactive ketones (excluding diaryl/α,β-unsaturated/α-hetero) is 1. The Hall–Kier alpha value is -2.14. The van der Waals surface area contributed by atoms with Crippen molar-refractivity contribution in [2.45, 2.75) is 33.2 Å². The van der Waals surface area contributed by atoms with Crippen LogP contribution in [0, 0.1) is 6.92 Å². The van der Waals surface area contributed by atoms with E-state index in [1.807, 2.05) is 50.2 Å². The second-order valence-corrected chi connectivity index (χ2v) is 6.95. The van der Waals surface area contributed by atoms with Crippen LogP contribution in [0.5, 0.6) is 5.75 Å². The third-order valence-corrected chi connectivity index (χ3v) is 4.70. The Kier molecular flexibility index (Phi) is 6.55. The molecule has 5 heteroatoms. The van der Waals surface area contributed by atoms with Crippen molar-refractivity contribution in [3.63, 3.8) is 0 Å². The van der Waals surface area contributed by atoms with Gasteiger partial charge in [-0.05, 0) is 43.7 Å². The number of ether oxygens (including phenoxy) is 1. The Balaban J connectivity index is 1.82. The van der Waals surface area contributed by atoms with Crippen molar-refractivity contribution in [2.75, 3.05) is 13.7 Å². The first-order chi connectivity index (χ1) is 11.5. The molecule has 0 bridgehead atoms. The second kappa shape index (κ2) is 8.64. The molecule has 0 saturated heterocycles. The molecule has 24 heavy (non-hydrogen) atoms. The zero-order valence-corrected chi connectivity index (χ0v) is 15.2. The molecule has 128 valence electrons. The van der Waals surface area contributed by atoms with Gasteiger partial charge in [0.05, 0.1) is 11.5 Å². The van der Waals surface area contributed by atoms with Crippen LogP contribution >= 0.6 is 11.3 Å². The highest BCUT2D eigenvalue weighted by atomic mass is 32.1. The van der Waals surface area contributed by atoms with Crippen LogP contribution in [0.15, 0.2) is 36.4 Å². The zero-order chi connectivity index (χ0) is 17.5. The highest BCUT2D eigenvalue weighted by Gasteiger charge is 2.14. The molecule has 0 aliphatic rings. The maximum atomic E-state index is 12.2. The van der Waals surface area contributed by atoms with Gasteiger partial charge >= 0.3 is 0 Å². The third-order valence-electron chi connectivity index (χ3n) is 3.66. The lowest BCUT2D eigenvalue weighted by atomic mass is 10.1. The summed E-state index contributed by atoms with van der Waals surface area (Å²) in [6.07, 6.45) is 0.496. The van der Waals surface area contributed by atoms with E-state index in [4.69, 9.17) is 4.74 Å². The van der Waals surface area contributed by atoms with Crippen molar-refractivity contribution >= 4 is 23.0 Å². The molecule has 0 saturated carbocycles. The molecular formula is C19H23NO3S. The Morgan fingerprint density at radius 2 is 1.79 bits per heavy atom. The lowest BCUT2D eigenvalue weighted by molar-refractivity contribution is -0.130. The van der Waals surface area contributed by atoms with E-state index in [9.17, 15) is 9.59 Å². The molecule has 0 spiro atoms. The summed E-state index contributed by atoms with van der Waals surface area (Å²) >= 11 is 1.48.